The van der Waals surface area contributed by atoms with Gasteiger partial charge in [-0.1, -0.05) is 0 Å². The summed E-state index contributed by atoms with van der Waals surface area (Å²) in [5.74, 6) is -0.923. The van der Waals surface area contributed by atoms with E-state index in [2.05, 4.69) is 10.3 Å². The summed E-state index contributed by atoms with van der Waals surface area (Å²) in [6, 6.07) is 5.04. The molecule has 7 heteroatoms. The van der Waals surface area contributed by atoms with Gasteiger partial charge in [0.1, 0.15) is 5.75 Å². The summed E-state index contributed by atoms with van der Waals surface area (Å²) in [4.78, 5) is 28.8. The van der Waals surface area contributed by atoms with Crippen molar-refractivity contribution in [3.63, 3.8) is 0 Å². The number of nitrogens with zero attached hydrogens (tertiary/aromatic N) is 1. The molecule has 0 saturated carbocycles. The molecule has 1 fully saturated rings. The highest BCUT2D eigenvalue weighted by Crippen LogP contribution is 2.29. The number of Topliss-reactive ketones (excluding diaryl/α,β-unsaturated/α-hetero) is 1. The van der Waals surface area contributed by atoms with Gasteiger partial charge >= 0.3 is 5.97 Å². The molecule has 0 bridgehead atoms. The number of methoxy groups -OCH3 is 2. The van der Waals surface area contributed by atoms with Gasteiger partial charge in [0.05, 0.1) is 37.4 Å². The van der Waals surface area contributed by atoms with Crippen molar-refractivity contribution in [2.45, 2.75) is 19.3 Å². The number of esters is 1. The molecule has 1 aromatic heterocycles. The summed E-state index contributed by atoms with van der Waals surface area (Å²) in [5, 5.41) is 3.62. The van der Waals surface area contributed by atoms with Crippen molar-refractivity contribution in [2.75, 3.05) is 27.3 Å². The molecule has 1 aromatic carbocycles. The SMILES string of the molecule is COC(=O)[C@H]1CNCC[C@H]1CCC(=O)c1c(F)cnc2ccc(OC)cc12. The second-order valence-corrected chi connectivity index (χ2v) is 6.71. The van der Waals surface area contributed by atoms with E-state index in [0.717, 1.165) is 19.2 Å². The molecule has 1 saturated heterocycles. The monoisotopic (exact) mass is 374 g/mol. The number of ether oxygens (including phenoxy) is 2. The maximum atomic E-state index is 14.4. The fourth-order valence-corrected chi connectivity index (χ4v) is 3.68. The number of halogens is 1. The number of hydrogen-bond acceptors (Lipinski definition) is 6. The summed E-state index contributed by atoms with van der Waals surface area (Å²) >= 11 is 0. The van der Waals surface area contributed by atoms with Crippen molar-refractivity contribution in [2.24, 2.45) is 11.8 Å². The smallest absolute Gasteiger partial charge is 0.310 e. The number of aromatic nitrogens is 1. The molecule has 0 spiro atoms. The zero-order chi connectivity index (χ0) is 19.4. The number of piperidine rings is 1. The first-order valence-corrected chi connectivity index (χ1v) is 8.99. The Morgan fingerprint density at radius 1 is 1.33 bits per heavy atom. The van der Waals surface area contributed by atoms with Crippen LogP contribution in [-0.4, -0.2) is 44.0 Å². The largest absolute Gasteiger partial charge is 0.497 e. The summed E-state index contributed by atoms with van der Waals surface area (Å²) in [6.07, 6.45) is 2.52. The molecular weight excluding hydrogens is 351 g/mol. The Morgan fingerprint density at radius 3 is 2.89 bits per heavy atom. The van der Waals surface area contributed by atoms with Crippen molar-refractivity contribution < 1.29 is 23.5 Å². The lowest BCUT2D eigenvalue weighted by atomic mass is 9.82. The van der Waals surface area contributed by atoms with Gasteiger partial charge in [0, 0.05) is 18.4 Å². The number of rotatable bonds is 6. The van der Waals surface area contributed by atoms with Crippen LogP contribution in [0.3, 0.4) is 0 Å². The molecule has 0 radical (unpaired) electrons. The molecule has 27 heavy (non-hydrogen) atoms. The molecule has 1 aliphatic rings. The molecule has 2 heterocycles. The second kappa shape index (κ2) is 8.43. The number of pyridine rings is 1. The molecule has 0 amide bonds. The van der Waals surface area contributed by atoms with Crippen LogP contribution in [0.25, 0.3) is 10.9 Å². The zero-order valence-electron chi connectivity index (χ0n) is 15.5. The van der Waals surface area contributed by atoms with E-state index < -0.39 is 5.82 Å². The van der Waals surface area contributed by atoms with Gasteiger partial charge in [0.25, 0.3) is 0 Å². The maximum absolute atomic E-state index is 14.4. The van der Waals surface area contributed by atoms with Gasteiger partial charge in [-0.15, -0.1) is 0 Å². The lowest BCUT2D eigenvalue weighted by Gasteiger charge is -2.30. The third-order valence-corrected chi connectivity index (χ3v) is 5.18. The topological polar surface area (TPSA) is 77.5 Å². The molecule has 144 valence electrons. The van der Waals surface area contributed by atoms with Crippen LogP contribution in [0.2, 0.25) is 0 Å². The molecule has 1 N–H and O–H groups in total. The van der Waals surface area contributed by atoms with Gasteiger partial charge in [-0.05, 0) is 43.5 Å². The first-order valence-electron chi connectivity index (χ1n) is 8.99. The van der Waals surface area contributed by atoms with Crippen LogP contribution in [-0.2, 0) is 9.53 Å². The number of carbonyl (C=O) groups excluding carboxylic acids is 2. The first-order chi connectivity index (χ1) is 13.0. The normalized spacial score (nSPS) is 19.7. The number of hydrogen-bond donors (Lipinski definition) is 1. The quantitative estimate of drug-likeness (QED) is 0.619. The number of fused-ring (bicyclic) bond motifs is 1. The van der Waals surface area contributed by atoms with E-state index in [0.29, 0.717) is 29.6 Å². The van der Waals surface area contributed by atoms with Crippen LogP contribution in [0, 0.1) is 17.7 Å². The summed E-state index contributed by atoms with van der Waals surface area (Å²) in [5.41, 5.74) is 0.567. The van der Waals surface area contributed by atoms with Gasteiger partial charge < -0.3 is 14.8 Å². The van der Waals surface area contributed by atoms with Crippen LogP contribution in [0.15, 0.2) is 24.4 Å². The van der Waals surface area contributed by atoms with E-state index in [9.17, 15) is 14.0 Å². The zero-order valence-corrected chi connectivity index (χ0v) is 15.5. The first kappa shape index (κ1) is 19.2. The summed E-state index contributed by atoms with van der Waals surface area (Å²) in [7, 11) is 2.88. The summed E-state index contributed by atoms with van der Waals surface area (Å²) < 4.78 is 24.5. The van der Waals surface area contributed by atoms with Crippen molar-refractivity contribution in [1.82, 2.24) is 10.3 Å². The van der Waals surface area contributed by atoms with Crippen molar-refractivity contribution in [3.8, 4) is 5.75 Å². The van der Waals surface area contributed by atoms with E-state index in [-0.39, 0.29) is 35.6 Å². The average molecular weight is 374 g/mol. The van der Waals surface area contributed by atoms with Crippen LogP contribution < -0.4 is 10.1 Å². The standard InChI is InChI=1S/C20H23FN2O4/c1-26-13-4-5-17-14(9-13)19(16(21)11-23-17)18(24)6-3-12-7-8-22-10-15(12)20(25)27-2/h4-5,9,11-12,15,22H,3,6-8,10H2,1-2H3/t12-,15+/m1/s1. The summed E-state index contributed by atoms with van der Waals surface area (Å²) in [6.45, 7) is 1.32. The lowest BCUT2D eigenvalue weighted by molar-refractivity contribution is -0.148. The number of benzene rings is 1. The highest BCUT2D eigenvalue weighted by molar-refractivity contribution is 6.07. The van der Waals surface area contributed by atoms with Gasteiger partial charge in [-0.2, -0.15) is 0 Å². The minimum Gasteiger partial charge on any atom is -0.497 e. The molecule has 3 rings (SSSR count). The highest BCUT2D eigenvalue weighted by Gasteiger charge is 2.32. The molecular formula is C20H23FN2O4. The Labute approximate surface area is 157 Å². The number of carbonyl (C=O) groups is 2. The van der Waals surface area contributed by atoms with Crippen LogP contribution in [0.4, 0.5) is 4.39 Å². The van der Waals surface area contributed by atoms with E-state index >= 15 is 0 Å². The molecule has 6 nitrogen and oxygen atoms in total. The second-order valence-electron chi connectivity index (χ2n) is 6.71. The van der Waals surface area contributed by atoms with Crippen LogP contribution >= 0.6 is 0 Å². The fraction of sp³-hybridized carbons (Fsp3) is 0.450. The Bertz CT molecular complexity index is 855. The third kappa shape index (κ3) is 4.08. The van der Waals surface area contributed by atoms with Crippen molar-refractivity contribution >= 4 is 22.7 Å². The Morgan fingerprint density at radius 2 is 2.15 bits per heavy atom. The predicted octanol–water partition coefficient (Wildman–Crippen LogP) is 2.74. The molecule has 0 unspecified atom stereocenters. The van der Waals surface area contributed by atoms with Crippen molar-refractivity contribution in [3.05, 3.63) is 35.8 Å². The van der Waals surface area contributed by atoms with Crippen LogP contribution in [0.1, 0.15) is 29.6 Å². The van der Waals surface area contributed by atoms with E-state index in [1.165, 1.54) is 14.2 Å². The predicted molar refractivity (Wildman–Crippen MR) is 98.3 cm³/mol. The van der Waals surface area contributed by atoms with E-state index in [1.807, 2.05) is 0 Å². The van der Waals surface area contributed by atoms with E-state index in [1.54, 1.807) is 18.2 Å². The molecule has 2 atom stereocenters. The molecule has 1 aliphatic heterocycles. The van der Waals surface area contributed by atoms with Gasteiger partial charge in [-0.25, -0.2) is 4.39 Å². The minimum absolute atomic E-state index is 0.0300. The minimum atomic E-state index is -0.643. The molecule has 2 aromatic rings. The van der Waals surface area contributed by atoms with Crippen LogP contribution in [0.5, 0.6) is 5.75 Å². The lowest BCUT2D eigenvalue weighted by Crippen LogP contribution is -2.41. The van der Waals surface area contributed by atoms with Gasteiger partial charge in [-0.3, -0.25) is 14.6 Å². The number of ketones is 1. The highest BCUT2D eigenvalue weighted by atomic mass is 19.1. The van der Waals surface area contributed by atoms with Crippen molar-refractivity contribution in [1.29, 1.82) is 0 Å². The molecule has 0 aliphatic carbocycles. The Balaban J connectivity index is 1.81. The number of nitrogens with one attached hydrogen (secondary N) is 1. The Kier molecular flexibility index (Phi) is 6.01. The Hall–Kier alpha value is -2.54. The fourth-order valence-electron chi connectivity index (χ4n) is 3.68. The average Bonchev–Trinajstić information content (AvgIpc) is 2.71. The maximum Gasteiger partial charge on any atom is 0.310 e. The van der Waals surface area contributed by atoms with E-state index in [4.69, 9.17) is 9.47 Å². The van der Waals surface area contributed by atoms with Gasteiger partial charge in [0.15, 0.2) is 11.6 Å². The van der Waals surface area contributed by atoms with Gasteiger partial charge in [0.2, 0.25) is 0 Å². The third-order valence-electron chi connectivity index (χ3n) is 5.18.